The molecule has 3 aromatic rings. The predicted octanol–water partition coefficient (Wildman–Crippen LogP) is 3.75. The zero-order valence-electron chi connectivity index (χ0n) is 21.4. The number of hydrogen-bond acceptors (Lipinski definition) is 5. The van der Waals surface area contributed by atoms with E-state index in [2.05, 4.69) is 40.0 Å². The molecule has 0 amide bonds. The van der Waals surface area contributed by atoms with Crippen molar-refractivity contribution in [3.8, 4) is 5.75 Å². The van der Waals surface area contributed by atoms with Crippen molar-refractivity contribution in [2.24, 2.45) is 0 Å². The summed E-state index contributed by atoms with van der Waals surface area (Å²) in [5.41, 5.74) is 4.93. The number of ether oxygens (including phenoxy) is 2. The molecule has 0 bridgehead atoms. The zero-order valence-corrected chi connectivity index (χ0v) is 22.2. The molecule has 2 heterocycles. The SMILES string of the molecule is COc1ccc(CN(Cc2cc3cc(C)c(C)cc3[nH]c2=O)C(=S)NCCCN2CCOCC2)cc1. The first-order chi connectivity index (χ1) is 17.4. The maximum absolute atomic E-state index is 13.0. The topological polar surface area (TPSA) is 69.8 Å². The standard InChI is InChI=1S/C28H36N4O3S/c1-20-15-23-17-24(27(33)30-26(23)16-21(20)2)19-32(18-22-5-7-25(34-3)8-6-22)28(36)29-9-4-10-31-11-13-35-14-12-31/h5-8,15-17H,4,9-14,18-19H2,1-3H3,(H,29,36)(H,30,33). The summed E-state index contributed by atoms with van der Waals surface area (Å²) in [7, 11) is 1.66. The summed E-state index contributed by atoms with van der Waals surface area (Å²) in [6.07, 6.45) is 0.992. The average Bonchev–Trinajstić information content (AvgIpc) is 2.88. The summed E-state index contributed by atoms with van der Waals surface area (Å²) in [6.45, 7) is 10.5. The molecule has 0 radical (unpaired) electrons. The molecule has 7 nitrogen and oxygen atoms in total. The molecular weight excluding hydrogens is 472 g/mol. The number of nitrogens with zero attached hydrogens (tertiary/aromatic N) is 2. The maximum atomic E-state index is 13.0. The van der Waals surface area contributed by atoms with Gasteiger partial charge in [0.2, 0.25) is 0 Å². The summed E-state index contributed by atoms with van der Waals surface area (Å²) in [5.74, 6) is 0.811. The third-order valence-corrected chi connectivity index (χ3v) is 7.15. The minimum atomic E-state index is -0.0828. The number of thiocarbonyl (C=S) groups is 1. The maximum Gasteiger partial charge on any atom is 0.253 e. The fourth-order valence-corrected chi connectivity index (χ4v) is 4.66. The number of aryl methyl sites for hydroxylation is 2. The van der Waals surface area contributed by atoms with Crippen molar-refractivity contribution < 1.29 is 9.47 Å². The molecule has 36 heavy (non-hydrogen) atoms. The Bertz CT molecular complexity index is 1240. The number of nitrogens with one attached hydrogen (secondary N) is 2. The van der Waals surface area contributed by atoms with Gasteiger partial charge in [-0.3, -0.25) is 9.69 Å². The van der Waals surface area contributed by atoms with E-state index in [0.29, 0.717) is 23.8 Å². The van der Waals surface area contributed by atoms with Crippen LogP contribution in [0.4, 0.5) is 0 Å². The van der Waals surface area contributed by atoms with Crippen LogP contribution in [-0.4, -0.2) is 66.4 Å². The summed E-state index contributed by atoms with van der Waals surface area (Å²) >= 11 is 5.81. The highest BCUT2D eigenvalue weighted by Crippen LogP contribution is 2.19. The predicted molar refractivity (Wildman–Crippen MR) is 149 cm³/mol. The fraction of sp³-hybridized carbons (Fsp3) is 0.429. The van der Waals surface area contributed by atoms with Crippen molar-refractivity contribution in [3.05, 3.63) is 75.1 Å². The van der Waals surface area contributed by atoms with Gasteiger partial charge in [-0.25, -0.2) is 0 Å². The Morgan fingerprint density at radius 3 is 2.56 bits per heavy atom. The van der Waals surface area contributed by atoms with Gasteiger partial charge in [-0.15, -0.1) is 0 Å². The van der Waals surface area contributed by atoms with Crippen molar-refractivity contribution >= 4 is 28.2 Å². The second-order valence-corrected chi connectivity index (χ2v) is 9.78. The molecule has 2 aromatic carbocycles. The normalized spacial score (nSPS) is 14.1. The van der Waals surface area contributed by atoms with Crippen LogP contribution in [0.3, 0.4) is 0 Å². The highest BCUT2D eigenvalue weighted by Gasteiger charge is 2.15. The second kappa shape index (κ2) is 12.3. The average molecular weight is 509 g/mol. The van der Waals surface area contributed by atoms with Crippen LogP contribution < -0.4 is 15.6 Å². The quantitative estimate of drug-likeness (QED) is 0.337. The van der Waals surface area contributed by atoms with E-state index in [9.17, 15) is 4.79 Å². The molecule has 192 valence electrons. The highest BCUT2D eigenvalue weighted by atomic mass is 32.1. The smallest absolute Gasteiger partial charge is 0.253 e. The van der Waals surface area contributed by atoms with Crippen molar-refractivity contribution in [2.45, 2.75) is 33.4 Å². The first-order valence-electron chi connectivity index (χ1n) is 12.5. The van der Waals surface area contributed by atoms with E-state index < -0.39 is 0 Å². The van der Waals surface area contributed by atoms with E-state index in [1.165, 1.54) is 5.56 Å². The molecule has 1 saturated heterocycles. The Morgan fingerprint density at radius 2 is 1.83 bits per heavy atom. The lowest BCUT2D eigenvalue weighted by atomic mass is 10.0. The van der Waals surface area contributed by atoms with Crippen LogP contribution in [0.5, 0.6) is 5.75 Å². The first-order valence-corrected chi connectivity index (χ1v) is 12.9. The molecule has 2 N–H and O–H groups in total. The molecule has 4 rings (SSSR count). The second-order valence-electron chi connectivity index (χ2n) is 9.39. The van der Waals surface area contributed by atoms with Gasteiger partial charge in [0.1, 0.15) is 5.75 Å². The van der Waals surface area contributed by atoms with E-state index in [-0.39, 0.29) is 5.56 Å². The summed E-state index contributed by atoms with van der Waals surface area (Å²) in [4.78, 5) is 20.5. The summed E-state index contributed by atoms with van der Waals surface area (Å²) in [5, 5.41) is 5.10. The van der Waals surface area contributed by atoms with Gasteiger partial charge >= 0.3 is 0 Å². The number of aromatic nitrogens is 1. The number of pyridine rings is 1. The van der Waals surface area contributed by atoms with Gasteiger partial charge in [0.05, 0.1) is 26.9 Å². The summed E-state index contributed by atoms with van der Waals surface area (Å²) < 4.78 is 10.7. The van der Waals surface area contributed by atoms with E-state index in [0.717, 1.165) is 73.6 Å². The van der Waals surface area contributed by atoms with Crippen LogP contribution in [0, 0.1) is 13.8 Å². The van der Waals surface area contributed by atoms with Gasteiger partial charge in [0.15, 0.2) is 5.11 Å². The van der Waals surface area contributed by atoms with Crippen molar-refractivity contribution in [1.82, 2.24) is 20.1 Å². The minimum Gasteiger partial charge on any atom is -0.497 e. The molecule has 0 saturated carbocycles. The number of aromatic amines is 1. The van der Waals surface area contributed by atoms with Gasteiger partial charge in [-0.2, -0.15) is 0 Å². The molecule has 1 fully saturated rings. The zero-order chi connectivity index (χ0) is 25.5. The van der Waals surface area contributed by atoms with Crippen molar-refractivity contribution in [1.29, 1.82) is 0 Å². The lowest BCUT2D eigenvalue weighted by molar-refractivity contribution is 0.0376. The lowest BCUT2D eigenvalue weighted by Crippen LogP contribution is -2.42. The van der Waals surface area contributed by atoms with Gasteiger partial charge < -0.3 is 24.7 Å². The molecule has 0 unspecified atom stereocenters. The first kappa shape index (κ1) is 26.1. The van der Waals surface area contributed by atoms with E-state index in [1.807, 2.05) is 36.4 Å². The Labute approximate surface area is 218 Å². The Balaban J connectivity index is 1.48. The third-order valence-electron chi connectivity index (χ3n) is 6.75. The highest BCUT2D eigenvalue weighted by molar-refractivity contribution is 7.80. The third kappa shape index (κ3) is 6.84. The van der Waals surface area contributed by atoms with Crippen LogP contribution in [0.25, 0.3) is 10.9 Å². The van der Waals surface area contributed by atoms with Crippen molar-refractivity contribution in [3.63, 3.8) is 0 Å². The van der Waals surface area contributed by atoms with E-state index in [1.54, 1.807) is 7.11 Å². The van der Waals surface area contributed by atoms with Crippen LogP contribution >= 0.6 is 12.2 Å². The monoisotopic (exact) mass is 508 g/mol. The fourth-order valence-electron chi connectivity index (χ4n) is 4.43. The number of hydrogen-bond donors (Lipinski definition) is 2. The molecule has 1 aliphatic rings. The van der Waals surface area contributed by atoms with E-state index >= 15 is 0 Å². The molecule has 8 heteroatoms. The Kier molecular flexibility index (Phi) is 8.96. The molecule has 1 aliphatic heterocycles. The minimum absolute atomic E-state index is 0.0828. The van der Waals surface area contributed by atoms with Gasteiger partial charge in [0.25, 0.3) is 5.56 Å². The Hall–Kier alpha value is -2.94. The van der Waals surface area contributed by atoms with E-state index in [4.69, 9.17) is 21.7 Å². The largest absolute Gasteiger partial charge is 0.497 e. The van der Waals surface area contributed by atoms with Gasteiger partial charge in [-0.05, 0) is 91.4 Å². The molecular formula is C28H36N4O3S. The number of morpholine rings is 1. The Morgan fingerprint density at radius 1 is 1.11 bits per heavy atom. The van der Waals surface area contributed by atoms with Gasteiger partial charge in [0, 0.05) is 37.3 Å². The molecule has 0 aliphatic carbocycles. The van der Waals surface area contributed by atoms with Gasteiger partial charge in [-0.1, -0.05) is 12.1 Å². The molecule has 0 atom stereocenters. The van der Waals surface area contributed by atoms with Crippen LogP contribution in [0.2, 0.25) is 0 Å². The van der Waals surface area contributed by atoms with Crippen LogP contribution in [-0.2, 0) is 17.8 Å². The molecule has 1 aromatic heterocycles. The number of rotatable bonds is 9. The number of fused-ring (bicyclic) bond motifs is 1. The van der Waals surface area contributed by atoms with Crippen molar-refractivity contribution in [2.75, 3.05) is 46.5 Å². The number of H-pyrrole nitrogens is 1. The number of benzene rings is 2. The molecule has 0 spiro atoms. The van der Waals surface area contributed by atoms with Crippen LogP contribution in [0.1, 0.15) is 28.7 Å². The number of methoxy groups -OCH3 is 1. The lowest BCUT2D eigenvalue weighted by Gasteiger charge is -2.28. The van der Waals surface area contributed by atoms with Crippen LogP contribution in [0.15, 0.2) is 47.3 Å². The summed E-state index contributed by atoms with van der Waals surface area (Å²) in [6, 6.07) is 14.1.